The van der Waals surface area contributed by atoms with Gasteiger partial charge in [0.05, 0.1) is 31.6 Å². The lowest BCUT2D eigenvalue weighted by molar-refractivity contribution is -0.144. The van der Waals surface area contributed by atoms with Crippen LogP contribution in [-0.4, -0.2) is 47.2 Å². The van der Waals surface area contributed by atoms with E-state index in [4.69, 9.17) is 4.74 Å². The fraction of sp³-hybridized carbons (Fsp3) is 0.389. The van der Waals surface area contributed by atoms with Crippen molar-refractivity contribution in [2.45, 2.75) is 31.6 Å². The van der Waals surface area contributed by atoms with Crippen LogP contribution in [0.1, 0.15) is 25.0 Å². The summed E-state index contributed by atoms with van der Waals surface area (Å²) in [6, 6.07) is 8.51. The number of carbonyl (C=O) groups excluding carboxylic acids is 3. The molecule has 134 valence electrons. The largest absolute Gasteiger partial charge is 0.469 e. The van der Waals surface area contributed by atoms with Crippen LogP contribution in [0.5, 0.6) is 0 Å². The number of rotatable bonds is 6. The highest BCUT2D eigenvalue weighted by atomic mass is 16.6. The van der Waals surface area contributed by atoms with Crippen molar-refractivity contribution in [3.63, 3.8) is 0 Å². The molecule has 1 fully saturated rings. The van der Waals surface area contributed by atoms with Gasteiger partial charge in [-0.15, -0.1) is 6.58 Å². The Labute approximate surface area is 145 Å². The molecule has 0 saturated carbocycles. The van der Waals surface area contributed by atoms with Crippen LogP contribution in [0.25, 0.3) is 0 Å². The Morgan fingerprint density at radius 2 is 2.04 bits per heavy atom. The maximum atomic E-state index is 12.7. The van der Waals surface area contributed by atoms with Gasteiger partial charge in [-0.2, -0.15) is 0 Å². The lowest BCUT2D eigenvalue weighted by Gasteiger charge is -2.25. The molecule has 7 heteroatoms. The predicted octanol–water partition coefficient (Wildman–Crippen LogP) is 1.82. The van der Waals surface area contributed by atoms with Crippen LogP contribution < -0.4 is 0 Å². The first kappa shape index (κ1) is 18.7. The van der Waals surface area contributed by atoms with Gasteiger partial charge in [-0.3, -0.25) is 9.59 Å². The molecule has 0 unspecified atom stereocenters. The molecule has 0 spiro atoms. The molecule has 2 rings (SSSR count). The molecule has 2 amide bonds. The number of cyclic esters (lactones) is 1. The van der Waals surface area contributed by atoms with Crippen LogP contribution in [-0.2, 0) is 19.1 Å². The highest BCUT2D eigenvalue weighted by Gasteiger charge is 2.46. The Morgan fingerprint density at radius 3 is 2.60 bits per heavy atom. The van der Waals surface area contributed by atoms with Crippen molar-refractivity contribution in [2.24, 2.45) is 5.92 Å². The number of aliphatic hydroxyl groups excluding tert-OH is 1. The van der Waals surface area contributed by atoms with Crippen LogP contribution >= 0.6 is 0 Å². The summed E-state index contributed by atoms with van der Waals surface area (Å²) < 4.78 is 9.82. The van der Waals surface area contributed by atoms with Gasteiger partial charge in [0, 0.05) is 0 Å². The summed E-state index contributed by atoms with van der Waals surface area (Å²) in [5.74, 6) is -2.45. The molecule has 1 aromatic carbocycles. The molecule has 0 radical (unpaired) electrons. The van der Waals surface area contributed by atoms with E-state index in [9.17, 15) is 19.5 Å². The minimum Gasteiger partial charge on any atom is -0.469 e. The average molecular weight is 347 g/mol. The Balaban J connectivity index is 2.18. The molecule has 1 aliphatic heterocycles. The van der Waals surface area contributed by atoms with Gasteiger partial charge in [-0.25, -0.2) is 9.69 Å². The maximum Gasteiger partial charge on any atom is 0.417 e. The number of hydrogen-bond donors (Lipinski definition) is 1. The summed E-state index contributed by atoms with van der Waals surface area (Å²) in [6.07, 6.45) is -1.89. The van der Waals surface area contributed by atoms with Gasteiger partial charge in [0.2, 0.25) is 5.91 Å². The molecular weight excluding hydrogens is 326 g/mol. The zero-order chi connectivity index (χ0) is 18.6. The molecule has 1 N–H and O–H groups in total. The minimum atomic E-state index is -1.34. The summed E-state index contributed by atoms with van der Waals surface area (Å²) in [7, 11) is 1.18. The first-order chi connectivity index (χ1) is 11.9. The van der Waals surface area contributed by atoms with Gasteiger partial charge in [-0.1, -0.05) is 36.4 Å². The highest BCUT2D eigenvalue weighted by molar-refractivity contribution is 5.96. The van der Waals surface area contributed by atoms with Crippen molar-refractivity contribution in [2.75, 3.05) is 7.11 Å². The van der Waals surface area contributed by atoms with E-state index in [0.29, 0.717) is 0 Å². The van der Waals surface area contributed by atoms with Gasteiger partial charge in [0.1, 0.15) is 6.10 Å². The summed E-state index contributed by atoms with van der Waals surface area (Å²) in [5, 5.41) is 10.1. The highest BCUT2D eigenvalue weighted by Crippen LogP contribution is 2.33. The number of methoxy groups -OCH3 is 1. The van der Waals surface area contributed by atoms with Gasteiger partial charge < -0.3 is 14.6 Å². The Morgan fingerprint density at radius 1 is 1.40 bits per heavy atom. The number of imide groups is 1. The minimum absolute atomic E-state index is 0.377. The Hall–Kier alpha value is -2.67. The lowest BCUT2D eigenvalue weighted by Crippen LogP contribution is -2.44. The molecule has 1 aromatic rings. The predicted molar refractivity (Wildman–Crippen MR) is 88.3 cm³/mol. The van der Waals surface area contributed by atoms with Crippen LogP contribution in [0.4, 0.5) is 4.79 Å². The average Bonchev–Trinajstić information content (AvgIpc) is 2.90. The van der Waals surface area contributed by atoms with Gasteiger partial charge >= 0.3 is 12.1 Å². The Bertz CT molecular complexity index is 659. The number of amides is 2. The fourth-order valence-electron chi connectivity index (χ4n) is 2.81. The van der Waals surface area contributed by atoms with Crippen molar-refractivity contribution < 1.29 is 29.0 Å². The zero-order valence-corrected chi connectivity index (χ0v) is 14.1. The van der Waals surface area contributed by atoms with Gasteiger partial charge in [0.15, 0.2) is 0 Å². The number of aliphatic hydroxyl groups is 1. The molecule has 7 nitrogen and oxygen atoms in total. The topological polar surface area (TPSA) is 93.1 Å². The van der Waals surface area contributed by atoms with Crippen molar-refractivity contribution in [1.82, 2.24) is 4.90 Å². The normalized spacial score (nSPS) is 22.0. The molecule has 1 aliphatic rings. The summed E-state index contributed by atoms with van der Waals surface area (Å²) in [5.41, 5.74) is 0.768. The lowest BCUT2D eigenvalue weighted by atomic mass is 9.96. The second kappa shape index (κ2) is 7.94. The molecule has 25 heavy (non-hydrogen) atoms. The molecule has 4 atom stereocenters. The van der Waals surface area contributed by atoms with Crippen LogP contribution in [0.15, 0.2) is 43.0 Å². The number of benzene rings is 1. The van der Waals surface area contributed by atoms with Gasteiger partial charge in [-0.05, 0) is 12.5 Å². The van der Waals surface area contributed by atoms with E-state index < -0.39 is 42.1 Å². The molecular formula is C18H21NO6. The smallest absolute Gasteiger partial charge is 0.417 e. The number of carbonyl (C=O) groups is 3. The van der Waals surface area contributed by atoms with Crippen molar-refractivity contribution in [1.29, 1.82) is 0 Å². The third kappa shape index (κ3) is 3.88. The first-order valence-corrected chi connectivity index (χ1v) is 7.86. The standard InChI is InChI=1S/C18H21NO6/c1-4-13(14(20)10-15(21)24-3)17(22)19-11(2)16(25-18(19)23)12-8-6-5-7-9-12/h4-9,11,13-14,16,20H,1,10H2,2-3H3/t11-,13-,14+,16-/m1/s1. The van der Waals surface area contributed by atoms with Crippen molar-refractivity contribution in [3.05, 3.63) is 48.6 Å². The molecule has 0 aromatic heterocycles. The second-order valence-corrected chi connectivity index (χ2v) is 5.77. The first-order valence-electron chi connectivity index (χ1n) is 7.86. The zero-order valence-electron chi connectivity index (χ0n) is 14.1. The van der Waals surface area contributed by atoms with Crippen LogP contribution in [0, 0.1) is 5.92 Å². The molecule has 0 aliphatic carbocycles. The van der Waals surface area contributed by atoms with E-state index in [1.165, 1.54) is 13.2 Å². The quantitative estimate of drug-likeness (QED) is 0.623. The fourth-order valence-corrected chi connectivity index (χ4v) is 2.81. The number of ether oxygens (including phenoxy) is 2. The van der Waals surface area contributed by atoms with E-state index in [1.807, 2.05) is 18.2 Å². The molecule has 1 saturated heterocycles. The summed E-state index contributed by atoms with van der Waals surface area (Å²) in [4.78, 5) is 37.2. The Kier molecular flexibility index (Phi) is 5.93. The van der Waals surface area contributed by atoms with Crippen LogP contribution in [0.2, 0.25) is 0 Å². The third-order valence-electron chi connectivity index (χ3n) is 4.19. The van der Waals surface area contributed by atoms with Crippen molar-refractivity contribution >= 4 is 18.0 Å². The van der Waals surface area contributed by atoms with E-state index in [0.717, 1.165) is 10.5 Å². The number of hydrogen-bond acceptors (Lipinski definition) is 6. The van der Waals surface area contributed by atoms with Crippen LogP contribution in [0.3, 0.4) is 0 Å². The summed E-state index contributed by atoms with van der Waals surface area (Å²) in [6.45, 7) is 5.21. The van der Waals surface area contributed by atoms with Crippen molar-refractivity contribution in [3.8, 4) is 0 Å². The third-order valence-corrected chi connectivity index (χ3v) is 4.19. The van der Waals surface area contributed by atoms with E-state index in [-0.39, 0.29) is 6.42 Å². The number of esters is 1. The SMILES string of the molecule is C=C[C@@H](C(=O)N1C(=O)O[C@@H](c2ccccc2)[C@H]1C)[C@@H](O)CC(=O)OC. The maximum absolute atomic E-state index is 12.7. The molecule has 0 bridgehead atoms. The number of nitrogens with zero attached hydrogens (tertiary/aromatic N) is 1. The summed E-state index contributed by atoms with van der Waals surface area (Å²) >= 11 is 0. The second-order valence-electron chi connectivity index (χ2n) is 5.77. The van der Waals surface area contributed by atoms with E-state index in [2.05, 4.69) is 11.3 Å². The van der Waals surface area contributed by atoms with Gasteiger partial charge in [0.25, 0.3) is 0 Å². The molecule has 1 heterocycles. The van der Waals surface area contributed by atoms with E-state index >= 15 is 0 Å². The monoisotopic (exact) mass is 347 g/mol. The van der Waals surface area contributed by atoms with E-state index in [1.54, 1.807) is 19.1 Å².